The first-order valence-corrected chi connectivity index (χ1v) is 20.3. The second-order valence-corrected chi connectivity index (χ2v) is 16.1. The van der Waals surface area contributed by atoms with Gasteiger partial charge in [0.1, 0.15) is 0 Å². The molecular weight excluding hydrogens is 699 g/mol. The molecule has 0 N–H and O–H groups in total. The largest absolute Gasteiger partial charge is 0.309 e. The molecule has 0 heterocycles. The van der Waals surface area contributed by atoms with Gasteiger partial charge in [0.05, 0.1) is 11.4 Å². The molecule has 0 amide bonds. The van der Waals surface area contributed by atoms with Crippen LogP contribution in [0.4, 0.5) is 17.1 Å². The molecule has 11 rings (SSSR count). The Morgan fingerprint density at radius 3 is 1.67 bits per heavy atom. The van der Waals surface area contributed by atoms with E-state index in [-0.39, 0.29) is 5.41 Å². The van der Waals surface area contributed by atoms with Crippen molar-refractivity contribution in [2.75, 3.05) is 4.90 Å². The third kappa shape index (κ3) is 5.46. The highest BCUT2D eigenvalue weighted by atomic mass is 15.1. The van der Waals surface area contributed by atoms with Crippen LogP contribution < -0.4 is 4.90 Å². The Morgan fingerprint density at radius 2 is 0.862 bits per heavy atom. The molecule has 0 atom stereocenters. The van der Waals surface area contributed by atoms with E-state index in [4.69, 9.17) is 0 Å². The van der Waals surface area contributed by atoms with Gasteiger partial charge in [-0.3, -0.25) is 0 Å². The second kappa shape index (κ2) is 13.5. The zero-order chi connectivity index (χ0) is 38.8. The molecule has 1 heteroatoms. The number of hydrogen-bond acceptors (Lipinski definition) is 1. The van der Waals surface area contributed by atoms with E-state index >= 15 is 0 Å². The first kappa shape index (κ1) is 34.1. The normalized spacial score (nSPS) is 12.8. The van der Waals surface area contributed by atoms with Crippen LogP contribution in [0.15, 0.2) is 212 Å². The van der Waals surface area contributed by atoms with Gasteiger partial charge in [0.15, 0.2) is 0 Å². The minimum Gasteiger partial charge on any atom is -0.309 e. The molecule has 0 aromatic heterocycles. The number of nitrogens with zero attached hydrogens (tertiary/aromatic N) is 1. The molecule has 274 valence electrons. The number of rotatable bonds is 6. The van der Waals surface area contributed by atoms with Crippen LogP contribution in [0.2, 0.25) is 0 Å². The van der Waals surface area contributed by atoms with E-state index in [2.05, 4.69) is 231 Å². The van der Waals surface area contributed by atoms with E-state index in [1.165, 1.54) is 88.0 Å². The zero-order valence-electron chi connectivity index (χ0n) is 32.7. The lowest BCUT2D eigenvalue weighted by Gasteiger charge is -2.31. The molecule has 10 aromatic rings. The van der Waals surface area contributed by atoms with Gasteiger partial charge >= 0.3 is 0 Å². The number of hydrogen-bond donors (Lipinski definition) is 0. The van der Waals surface area contributed by atoms with Gasteiger partial charge in [0, 0.05) is 22.1 Å². The summed E-state index contributed by atoms with van der Waals surface area (Å²) in [7, 11) is 0. The van der Waals surface area contributed by atoms with Gasteiger partial charge in [0.25, 0.3) is 0 Å². The first-order valence-electron chi connectivity index (χ1n) is 20.3. The fraction of sp³-hybridized carbons (Fsp3) is 0.0526. The van der Waals surface area contributed by atoms with Gasteiger partial charge in [-0.1, -0.05) is 196 Å². The molecule has 0 bridgehead atoms. The molecule has 0 fully saturated rings. The predicted octanol–water partition coefficient (Wildman–Crippen LogP) is 15.9. The molecule has 1 aliphatic carbocycles. The number of para-hydroxylation sites is 1. The van der Waals surface area contributed by atoms with Gasteiger partial charge < -0.3 is 4.90 Å². The molecular formula is C57H41N. The van der Waals surface area contributed by atoms with Crippen molar-refractivity contribution in [3.63, 3.8) is 0 Å². The molecule has 1 nitrogen and oxygen atoms in total. The van der Waals surface area contributed by atoms with Gasteiger partial charge in [-0.25, -0.2) is 0 Å². The molecule has 0 radical (unpaired) electrons. The summed E-state index contributed by atoms with van der Waals surface area (Å²) in [6.07, 6.45) is 0. The summed E-state index contributed by atoms with van der Waals surface area (Å²) in [6.45, 7) is 4.79. The Labute approximate surface area is 340 Å². The Kier molecular flexibility index (Phi) is 7.91. The van der Waals surface area contributed by atoms with Gasteiger partial charge in [0.2, 0.25) is 0 Å². The van der Waals surface area contributed by atoms with Crippen LogP contribution in [0.1, 0.15) is 25.0 Å². The molecule has 0 unspecified atom stereocenters. The van der Waals surface area contributed by atoms with Crippen molar-refractivity contribution < 1.29 is 0 Å². The van der Waals surface area contributed by atoms with Crippen LogP contribution in [0, 0.1) is 0 Å². The van der Waals surface area contributed by atoms with Crippen molar-refractivity contribution in [2.45, 2.75) is 19.3 Å². The number of fused-ring (bicyclic) bond motifs is 7. The fourth-order valence-electron chi connectivity index (χ4n) is 9.52. The van der Waals surface area contributed by atoms with Gasteiger partial charge in [-0.15, -0.1) is 0 Å². The van der Waals surface area contributed by atoms with E-state index in [1.807, 2.05) is 0 Å². The third-order valence-corrected chi connectivity index (χ3v) is 12.5. The molecule has 0 spiro atoms. The Balaban J connectivity index is 1.10. The topological polar surface area (TPSA) is 3.24 Å². The van der Waals surface area contributed by atoms with E-state index in [1.54, 1.807) is 0 Å². The Hall–Kier alpha value is -7.22. The van der Waals surface area contributed by atoms with Crippen LogP contribution in [-0.2, 0) is 5.41 Å². The van der Waals surface area contributed by atoms with Crippen LogP contribution in [0.5, 0.6) is 0 Å². The van der Waals surface area contributed by atoms with Crippen LogP contribution in [-0.4, -0.2) is 0 Å². The minimum atomic E-state index is -0.217. The quantitative estimate of drug-likeness (QED) is 0.154. The molecule has 0 saturated heterocycles. The second-order valence-electron chi connectivity index (χ2n) is 16.1. The summed E-state index contributed by atoms with van der Waals surface area (Å²) in [5.74, 6) is 0. The lowest BCUT2D eigenvalue weighted by molar-refractivity contribution is 0.660. The number of benzene rings is 10. The maximum absolute atomic E-state index is 2.51. The summed E-state index contributed by atoms with van der Waals surface area (Å²) in [5.41, 5.74) is 15.9. The fourth-order valence-corrected chi connectivity index (χ4v) is 9.52. The summed E-state index contributed by atoms with van der Waals surface area (Å²) >= 11 is 0. The third-order valence-electron chi connectivity index (χ3n) is 12.5. The maximum Gasteiger partial charge on any atom is 0.0546 e. The summed E-state index contributed by atoms with van der Waals surface area (Å²) < 4.78 is 0. The van der Waals surface area contributed by atoms with Crippen LogP contribution >= 0.6 is 0 Å². The average molecular weight is 740 g/mol. The van der Waals surface area contributed by atoms with Crippen molar-refractivity contribution in [3.05, 3.63) is 223 Å². The molecule has 10 aromatic carbocycles. The van der Waals surface area contributed by atoms with E-state index < -0.39 is 0 Å². The highest BCUT2D eigenvalue weighted by Crippen LogP contribution is 2.53. The smallest absolute Gasteiger partial charge is 0.0546 e. The van der Waals surface area contributed by atoms with Gasteiger partial charge in [-0.2, -0.15) is 0 Å². The molecule has 0 saturated carbocycles. The Morgan fingerprint density at radius 1 is 0.310 bits per heavy atom. The average Bonchev–Trinajstić information content (AvgIpc) is 3.51. The van der Waals surface area contributed by atoms with Crippen LogP contribution in [0.25, 0.3) is 76.8 Å². The predicted molar refractivity (Wildman–Crippen MR) is 248 cm³/mol. The number of anilines is 3. The lowest BCUT2D eigenvalue weighted by Crippen LogP contribution is -2.17. The van der Waals surface area contributed by atoms with E-state index in [9.17, 15) is 0 Å². The summed E-state index contributed by atoms with van der Waals surface area (Å²) in [6, 6.07) is 78.2. The highest BCUT2D eigenvalue weighted by Gasteiger charge is 2.36. The minimum absolute atomic E-state index is 0.217. The first-order chi connectivity index (χ1) is 28.5. The summed E-state index contributed by atoms with van der Waals surface area (Å²) in [5, 5.41) is 7.51. The van der Waals surface area contributed by atoms with Crippen molar-refractivity contribution in [1.29, 1.82) is 0 Å². The van der Waals surface area contributed by atoms with Crippen LogP contribution in [0.3, 0.4) is 0 Å². The van der Waals surface area contributed by atoms with Crippen molar-refractivity contribution in [3.8, 4) is 44.5 Å². The van der Waals surface area contributed by atoms with E-state index in [0.717, 1.165) is 17.1 Å². The van der Waals surface area contributed by atoms with Crippen molar-refractivity contribution >= 4 is 49.4 Å². The molecule has 58 heavy (non-hydrogen) atoms. The maximum atomic E-state index is 2.51. The van der Waals surface area contributed by atoms with Crippen molar-refractivity contribution in [2.24, 2.45) is 0 Å². The standard InChI is InChI=1S/C57H41N/c1-57(2)53-35-43(46-25-14-19-40-17-6-8-20-45(40)46)31-33-50(53)51-34-32-44(37-54(51)57)58(56-36-42-18-7-9-21-47(42)49-23-10-11-24-52(49)56)55-26-13-12-22-48(55)41-29-27-39(28-30-41)38-15-4-3-5-16-38/h3-37H,1-2H3. The van der Waals surface area contributed by atoms with E-state index in [0.29, 0.717) is 0 Å². The Bertz CT molecular complexity index is 3180. The molecule has 0 aliphatic heterocycles. The lowest BCUT2D eigenvalue weighted by atomic mass is 9.81. The zero-order valence-corrected chi connectivity index (χ0v) is 32.7. The van der Waals surface area contributed by atoms with Crippen molar-refractivity contribution in [1.82, 2.24) is 0 Å². The monoisotopic (exact) mass is 739 g/mol. The SMILES string of the molecule is CC1(C)c2cc(-c3cccc4ccccc34)ccc2-c2ccc(N(c3ccccc3-c3ccc(-c4ccccc4)cc3)c3cc4ccccc4c4ccccc34)cc21. The van der Waals surface area contributed by atoms with Gasteiger partial charge in [-0.05, 0) is 107 Å². The molecule has 1 aliphatic rings. The summed E-state index contributed by atoms with van der Waals surface area (Å²) in [4.78, 5) is 2.51. The highest BCUT2D eigenvalue weighted by molar-refractivity contribution is 6.15.